The number of nitrogens with two attached hydrogens (primary N) is 2. The van der Waals surface area contributed by atoms with Crippen molar-refractivity contribution in [2.24, 2.45) is 16.5 Å². The summed E-state index contributed by atoms with van der Waals surface area (Å²) >= 11 is 0. The van der Waals surface area contributed by atoms with E-state index in [4.69, 9.17) is 16.2 Å². The highest BCUT2D eigenvalue weighted by atomic mass is 16.5. The van der Waals surface area contributed by atoms with Crippen LogP contribution >= 0.6 is 0 Å². The molecule has 0 aromatic heterocycles. The minimum absolute atomic E-state index is 0.0397. The van der Waals surface area contributed by atoms with Crippen molar-refractivity contribution in [3.05, 3.63) is 96.1 Å². The molecule has 0 aliphatic rings. The minimum atomic E-state index is -0.860. The Morgan fingerprint density at radius 3 is 2.38 bits per heavy atom. The number of carbonyl (C=O) groups excluding carboxylic acids is 3. The fraction of sp³-hybridized carbons (Fsp3) is 0.200. The molecule has 0 spiro atoms. The summed E-state index contributed by atoms with van der Waals surface area (Å²) in [7, 11) is 1.30. The first-order valence-electron chi connectivity index (χ1n) is 12.7. The summed E-state index contributed by atoms with van der Waals surface area (Å²) in [5.41, 5.74) is 12.8. The van der Waals surface area contributed by atoms with E-state index >= 15 is 0 Å². The lowest BCUT2D eigenvalue weighted by molar-refractivity contribution is -0.134. The monoisotopic (exact) mass is 543 g/mol. The van der Waals surface area contributed by atoms with E-state index in [-0.39, 0.29) is 30.6 Å². The van der Waals surface area contributed by atoms with Crippen molar-refractivity contribution in [3.8, 4) is 11.5 Å². The molecule has 208 valence electrons. The van der Waals surface area contributed by atoms with Gasteiger partial charge in [-0.1, -0.05) is 42.5 Å². The summed E-state index contributed by atoms with van der Waals surface area (Å²) in [6.45, 7) is 0.308. The summed E-state index contributed by atoms with van der Waals surface area (Å²) in [4.78, 5) is 41.2. The number of rotatable bonds is 13. The average molecular weight is 544 g/mol. The molecule has 40 heavy (non-hydrogen) atoms. The molecule has 3 rings (SSSR count). The number of para-hydroxylation sites is 1. The van der Waals surface area contributed by atoms with E-state index in [1.54, 1.807) is 30.3 Å². The van der Waals surface area contributed by atoms with E-state index in [0.717, 1.165) is 11.1 Å². The Balaban J connectivity index is 1.71. The molecule has 0 aliphatic carbocycles. The number of amides is 2. The van der Waals surface area contributed by atoms with Gasteiger partial charge in [0.15, 0.2) is 5.96 Å². The van der Waals surface area contributed by atoms with Gasteiger partial charge < -0.3 is 31.6 Å². The Kier molecular flexibility index (Phi) is 11.3. The van der Waals surface area contributed by atoms with E-state index in [1.165, 1.54) is 13.2 Å². The molecule has 0 aliphatic heterocycles. The maximum absolute atomic E-state index is 13.3. The molecular weight excluding hydrogens is 510 g/mol. The van der Waals surface area contributed by atoms with Crippen LogP contribution in [0.2, 0.25) is 0 Å². The highest BCUT2D eigenvalue weighted by Crippen LogP contribution is 2.22. The number of guanidine groups is 1. The third-order valence-electron chi connectivity index (χ3n) is 5.62. The third-order valence-corrected chi connectivity index (χ3v) is 5.62. The fourth-order valence-corrected chi connectivity index (χ4v) is 3.66. The predicted octanol–water partition coefficient (Wildman–Crippen LogP) is 3.38. The normalized spacial score (nSPS) is 11.3. The van der Waals surface area contributed by atoms with Gasteiger partial charge in [-0.05, 0) is 60.0 Å². The quantitative estimate of drug-likeness (QED) is 0.0846. The number of carbonyl (C=O) groups is 3. The molecule has 0 radical (unpaired) electrons. The lowest BCUT2D eigenvalue weighted by Gasteiger charge is -2.19. The number of anilines is 1. The van der Waals surface area contributed by atoms with Crippen molar-refractivity contribution < 1.29 is 23.9 Å². The van der Waals surface area contributed by atoms with Crippen molar-refractivity contribution in [3.63, 3.8) is 0 Å². The second-order valence-corrected chi connectivity index (χ2v) is 8.76. The topological polar surface area (TPSA) is 158 Å². The van der Waals surface area contributed by atoms with Crippen LogP contribution in [0.1, 0.15) is 24.0 Å². The average Bonchev–Trinajstić information content (AvgIpc) is 2.95. The molecule has 10 heteroatoms. The lowest BCUT2D eigenvalue weighted by atomic mass is 10.0. The first-order valence-corrected chi connectivity index (χ1v) is 12.7. The van der Waals surface area contributed by atoms with Gasteiger partial charge in [-0.15, -0.1) is 0 Å². The molecule has 3 aromatic rings. The van der Waals surface area contributed by atoms with Gasteiger partial charge >= 0.3 is 5.97 Å². The number of nitrogens with one attached hydrogen (secondary N) is 2. The maximum Gasteiger partial charge on any atom is 0.330 e. The first-order chi connectivity index (χ1) is 19.3. The van der Waals surface area contributed by atoms with Crippen LogP contribution in [0.25, 0.3) is 6.08 Å². The molecule has 10 nitrogen and oxygen atoms in total. The molecule has 2 amide bonds. The molecule has 0 saturated carbocycles. The molecule has 0 bridgehead atoms. The van der Waals surface area contributed by atoms with Crippen LogP contribution in [-0.4, -0.2) is 43.4 Å². The van der Waals surface area contributed by atoms with Crippen molar-refractivity contribution in [2.45, 2.75) is 25.3 Å². The number of ether oxygens (including phenoxy) is 2. The Labute approximate surface area is 233 Å². The Morgan fingerprint density at radius 2 is 1.68 bits per heavy atom. The standard InChI is InChI=1S/C30H33N5O5/c1-39-28(37)17-14-21-12-15-23(16-13-21)34-29(38)26(35-27(36)11-6-18-33-30(31)32)20-22-7-5-10-25(19-22)40-24-8-3-2-4-9-24/h2-5,7-10,12-17,19,26H,6,11,18,20H2,1H3,(H,34,38)(H,35,36)(H4,31,32,33). The molecule has 6 N–H and O–H groups in total. The van der Waals surface area contributed by atoms with E-state index in [1.807, 2.05) is 54.6 Å². The zero-order valence-electron chi connectivity index (χ0n) is 22.2. The van der Waals surface area contributed by atoms with Crippen LogP contribution in [0.15, 0.2) is 89.9 Å². The number of esters is 1. The number of hydrogen-bond donors (Lipinski definition) is 4. The largest absolute Gasteiger partial charge is 0.466 e. The molecule has 3 aromatic carbocycles. The number of hydrogen-bond acceptors (Lipinski definition) is 6. The number of nitrogens with zero attached hydrogens (tertiary/aromatic N) is 1. The van der Waals surface area contributed by atoms with Gasteiger partial charge in [0, 0.05) is 31.1 Å². The molecule has 0 fully saturated rings. The van der Waals surface area contributed by atoms with Crippen molar-refractivity contribution in [1.82, 2.24) is 5.32 Å². The summed E-state index contributed by atoms with van der Waals surface area (Å²) in [5.74, 6) is 0.111. The Hall–Kier alpha value is -5.12. The molecular formula is C30H33N5O5. The van der Waals surface area contributed by atoms with Crippen molar-refractivity contribution in [1.29, 1.82) is 0 Å². The van der Waals surface area contributed by atoms with Gasteiger partial charge in [-0.25, -0.2) is 4.79 Å². The SMILES string of the molecule is COC(=O)C=Cc1ccc(NC(=O)C(Cc2cccc(Oc3ccccc3)c2)NC(=O)CCCN=C(N)N)cc1. The highest BCUT2D eigenvalue weighted by molar-refractivity contribution is 5.97. The van der Waals surface area contributed by atoms with E-state index in [0.29, 0.717) is 30.2 Å². The summed E-state index contributed by atoms with van der Waals surface area (Å²) in [6.07, 6.45) is 3.73. The van der Waals surface area contributed by atoms with Crippen molar-refractivity contribution >= 4 is 35.5 Å². The molecule has 0 heterocycles. The van der Waals surface area contributed by atoms with Gasteiger partial charge in [-0.3, -0.25) is 14.6 Å². The Morgan fingerprint density at radius 1 is 0.950 bits per heavy atom. The van der Waals surface area contributed by atoms with Gasteiger partial charge in [0.25, 0.3) is 0 Å². The minimum Gasteiger partial charge on any atom is -0.466 e. The summed E-state index contributed by atoms with van der Waals surface area (Å²) in [6, 6.07) is 22.8. The second-order valence-electron chi connectivity index (χ2n) is 8.76. The van der Waals surface area contributed by atoms with Crippen LogP contribution in [0.3, 0.4) is 0 Å². The van der Waals surface area contributed by atoms with Crippen LogP contribution in [0.4, 0.5) is 5.69 Å². The smallest absolute Gasteiger partial charge is 0.330 e. The molecule has 1 unspecified atom stereocenters. The predicted molar refractivity (Wildman–Crippen MR) is 155 cm³/mol. The zero-order valence-corrected chi connectivity index (χ0v) is 22.2. The van der Waals surface area contributed by atoms with E-state index in [9.17, 15) is 14.4 Å². The van der Waals surface area contributed by atoms with E-state index in [2.05, 4.69) is 20.4 Å². The van der Waals surface area contributed by atoms with Crippen LogP contribution in [-0.2, 0) is 25.5 Å². The van der Waals surface area contributed by atoms with Crippen LogP contribution in [0, 0.1) is 0 Å². The van der Waals surface area contributed by atoms with Gasteiger partial charge in [0.2, 0.25) is 11.8 Å². The molecule has 0 saturated heterocycles. The van der Waals surface area contributed by atoms with Crippen LogP contribution < -0.4 is 26.8 Å². The van der Waals surface area contributed by atoms with E-state index < -0.39 is 12.0 Å². The summed E-state index contributed by atoms with van der Waals surface area (Å²) < 4.78 is 10.5. The van der Waals surface area contributed by atoms with Gasteiger partial charge in [0.05, 0.1) is 7.11 Å². The number of benzene rings is 3. The van der Waals surface area contributed by atoms with Gasteiger partial charge in [0.1, 0.15) is 17.5 Å². The van der Waals surface area contributed by atoms with Gasteiger partial charge in [-0.2, -0.15) is 0 Å². The Bertz CT molecular complexity index is 1340. The maximum atomic E-state index is 13.3. The zero-order chi connectivity index (χ0) is 28.7. The number of aliphatic imine (C=N–C) groups is 1. The molecule has 1 atom stereocenters. The fourth-order valence-electron chi connectivity index (χ4n) is 3.66. The van der Waals surface area contributed by atoms with Crippen LogP contribution in [0.5, 0.6) is 11.5 Å². The van der Waals surface area contributed by atoms with Crippen molar-refractivity contribution in [2.75, 3.05) is 19.0 Å². The third kappa shape index (κ3) is 10.3. The highest BCUT2D eigenvalue weighted by Gasteiger charge is 2.22. The second kappa shape index (κ2) is 15.3. The lowest BCUT2D eigenvalue weighted by Crippen LogP contribution is -2.45. The number of methoxy groups -OCH3 is 1. The summed E-state index contributed by atoms with van der Waals surface area (Å²) in [5, 5.41) is 5.68. The first kappa shape index (κ1) is 29.4.